The Morgan fingerprint density at radius 2 is 1.64 bits per heavy atom. The molecule has 0 spiro atoms. The van der Waals surface area contributed by atoms with Gasteiger partial charge in [-0.3, -0.25) is 14.9 Å². The van der Waals surface area contributed by atoms with Gasteiger partial charge in [0.2, 0.25) is 5.91 Å². The lowest BCUT2D eigenvalue weighted by Gasteiger charge is -2.13. The van der Waals surface area contributed by atoms with Crippen molar-refractivity contribution in [1.29, 1.82) is 0 Å². The van der Waals surface area contributed by atoms with Gasteiger partial charge in [0.15, 0.2) is 11.6 Å². The smallest absolute Gasteiger partial charge is 0.326 e. The van der Waals surface area contributed by atoms with Crippen molar-refractivity contribution in [3.05, 3.63) is 88.4 Å². The summed E-state index contributed by atoms with van der Waals surface area (Å²) in [6.45, 7) is 0. The Morgan fingerprint density at radius 3 is 2.33 bits per heavy atom. The number of rotatable bonds is 6. The highest BCUT2D eigenvalue weighted by atomic mass is 35.5. The average Bonchev–Trinajstić information content (AvgIpc) is 2.77. The van der Waals surface area contributed by atoms with E-state index in [1.165, 1.54) is 19.2 Å². The number of halogens is 3. The van der Waals surface area contributed by atoms with Crippen LogP contribution in [0.25, 0.3) is 0 Å². The molecule has 3 aromatic rings. The molecular weight excluding hydrogens is 456 g/mol. The summed E-state index contributed by atoms with van der Waals surface area (Å²) in [6, 6.07) is 13.9. The summed E-state index contributed by atoms with van der Waals surface area (Å²) < 4.78 is 31.8. The number of nitrogens with one attached hydrogen (secondary N) is 3. The number of benzene rings is 3. The standard InChI is InChI=1S/C23H18ClF2N3O4/c1-33-20-8-7-14(27-21(30)9-13-5-3-2-4-6-13)10-19(20)28-23(32)29-22(31)15-11-17(25)18(26)12-16(15)24/h2-8,10-12H,9H2,1H3,(H,27,30)(H2,28,29,31,32). The third-order valence-corrected chi connectivity index (χ3v) is 4.73. The Kier molecular flexibility index (Phi) is 7.57. The summed E-state index contributed by atoms with van der Waals surface area (Å²) in [5.41, 5.74) is 0.939. The predicted octanol–water partition coefficient (Wildman–Crippen LogP) is 4.77. The number of anilines is 2. The maximum absolute atomic E-state index is 13.4. The van der Waals surface area contributed by atoms with E-state index in [2.05, 4.69) is 10.6 Å². The minimum absolute atomic E-state index is 0.150. The summed E-state index contributed by atoms with van der Waals surface area (Å²) >= 11 is 5.76. The van der Waals surface area contributed by atoms with Crippen LogP contribution in [0, 0.1) is 11.6 Å². The Labute approximate surface area is 192 Å². The fraction of sp³-hybridized carbons (Fsp3) is 0.0870. The minimum atomic E-state index is -1.29. The molecule has 4 amide bonds. The van der Waals surface area contributed by atoms with E-state index in [4.69, 9.17) is 16.3 Å². The van der Waals surface area contributed by atoms with E-state index in [1.54, 1.807) is 6.07 Å². The van der Waals surface area contributed by atoms with E-state index < -0.39 is 29.1 Å². The van der Waals surface area contributed by atoms with Gasteiger partial charge in [0.05, 0.1) is 29.8 Å². The van der Waals surface area contributed by atoms with Crippen LogP contribution in [0.4, 0.5) is 25.0 Å². The molecule has 0 unspecified atom stereocenters. The molecule has 3 rings (SSSR count). The van der Waals surface area contributed by atoms with Crippen molar-refractivity contribution in [3.63, 3.8) is 0 Å². The number of carbonyl (C=O) groups is 3. The van der Waals surface area contributed by atoms with Gasteiger partial charge in [0, 0.05) is 5.69 Å². The molecule has 0 aliphatic carbocycles. The van der Waals surface area contributed by atoms with Gasteiger partial charge in [0.25, 0.3) is 5.91 Å². The molecule has 10 heteroatoms. The molecule has 0 saturated carbocycles. The molecule has 0 aliphatic heterocycles. The topological polar surface area (TPSA) is 96.5 Å². The fourth-order valence-corrected chi connectivity index (χ4v) is 3.13. The van der Waals surface area contributed by atoms with Gasteiger partial charge in [-0.25, -0.2) is 13.6 Å². The Hall–Kier alpha value is -3.98. The van der Waals surface area contributed by atoms with Gasteiger partial charge < -0.3 is 15.4 Å². The first-order chi connectivity index (χ1) is 15.8. The molecule has 3 aromatic carbocycles. The van der Waals surface area contributed by atoms with Crippen molar-refractivity contribution >= 4 is 40.8 Å². The third-order valence-electron chi connectivity index (χ3n) is 4.42. The molecule has 7 nitrogen and oxygen atoms in total. The lowest BCUT2D eigenvalue weighted by atomic mass is 10.1. The number of hydrogen-bond donors (Lipinski definition) is 3. The van der Waals surface area contributed by atoms with Gasteiger partial charge >= 0.3 is 6.03 Å². The molecule has 0 atom stereocenters. The highest BCUT2D eigenvalue weighted by Crippen LogP contribution is 2.28. The number of ether oxygens (including phenoxy) is 1. The van der Waals surface area contributed by atoms with Crippen molar-refractivity contribution in [2.75, 3.05) is 17.7 Å². The molecule has 0 saturated heterocycles. The molecular formula is C23H18ClF2N3O4. The zero-order valence-corrected chi connectivity index (χ0v) is 18.0. The Balaban J connectivity index is 1.69. The molecule has 170 valence electrons. The van der Waals surface area contributed by atoms with Gasteiger partial charge in [-0.15, -0.1) is 0 Å². The molecule has 0 aromatic heterocycles. The van der Waals surface area contributed by atoms with Gasteiger partial charge in [-0.05, 0) is 35.9 Å². The van der Waals surface area contributed by atoms with Crippen LogP contribution < -0.4 is 20.7 Å². The van der Waals surface area contributed by atoms with Gasteiger partial charge in [-0.2, -0.15) is 0 Å². The van der Waals surface area contributed by atoms with E-state index in [1.807, 2.05) is 35.6 Å². The Morgan fingerprint density at radius 1 is 0.939 bits per heavy atom. The first-order valence-electron chi connectivity index (χ1n) is 9.55. The van der Waals surface area contributed by atoms with Crippen molar-refractivity contribution in [1.82, 2.24) is 5.32 Å². The average molecular weight is 474 g/mol. The maximum Gasteiger partial charge on any atom is 0.326 e. The van der Waals surface area contributed by atoms with E-state index in [0.717, 1.165) is 5.56 Å². The molecule has 0 heterocycles. The van der Waals surface area contributed by atoms with Crippen molar-refractivity contribution in [3.8, 4) is 5.75 Å². The van der Waals surface area contributed by atoms with E-state index in [0.29, 0.717) is 17.8 Å². The number of imide groups is 1. The quantitative estimate of drug-likeness (QED) is 0.449. The molecule has 33 heavy (non-hydrogen) atoms. The molecule has 0 aliphatic rings. The van der Waals surface area contributed by atoms with Crippen LogP contribution in [-0.4, -0.2) is 25.0 Å². The molecule has 0 radical (unpaired) electrons. The van der Waals surface area contributed by atoms with Crippen LogP contribution in [0.5, 0.6) is 5.75 Å². The molecule has 3 N–H and O–H groups in total. The predicted molar refractivity (Wildman–Crippen MR) is 120 cm³/mol. The van der Waals surface area contributed by atoms with Crippen LogP contribution in [0.15, 0.2) is 60.7 Å². The summed E-state index contributed by atoms with van der Waals surface area (Å²) in [7, 11) is 1.37. The van der Waals surface area contributed by atoms with Crippen molar-refractivity contribution in [2.45, 2.75) is 6.42 Å². The number of methoxy groups -OCH3 is 1. The van der Waals surface area contributed by atoms with Crippen LogP contribution in [0.2, 0.25) is 5.02 Å². The SMILES string of the molecule is COc1ccc(NC(=O)Cc2ccccc2)cc1NC(=O)NC(=O)c1cc(F)c(F)cc1Cl. The van der Waals surface area contributed by atoms with Crippen LogP contribution in [0.3, 0.4) is 0 Å². The van der Waals surface area contributed by atoms with Crippen molar-refractivity contribution in [2.24, 2.45) is 0 Å². The summed E-state index contributed by atoms with van der Waals surface area (Å²) in [5.74, 6) is -3.57. The molecule has 0 fully saturated rings. The zero-order valence-electron chi connectivity index (χ0n) is 17.2. The lowest BCUT2D eigenvalue weighted by molar-refractivity contribution is -0.115. The second kappa shape index (κ2) is 10.6. The second-order valence-corrected chi connectivity index (χ2v) is 7.19. The van der Waals surface area contributed by atoms with Gasteiger partial charge in [0.1, 0.15) is 5.75 Å². The molecule has 0 bridgehead atoms. The number of amides is 4. The maximum atomic E-state index is 13.4. The summed E-state index contributed by atoms with van der Waals surface area (Å²) in [4.78, 5) is 36.8. The third kappa shape index (κ3) is 6.27. The largest absolute Gasteiger partial charge is 0.495 e. The monoisotopic (exact) mass is 473 g/mol. The second-order valence-electron chi connectivity index (χ2n) is 6.78. The van der Waals surface area contributed by atoms with Crippen LogP contribution in [0.1, 0.15) is 15.9 Å². The zero-order chi connectivity index (χ0) is 24.0. The number of carbonyl (C=O) groups excluding carboxylic acids is 3. The van der Waals surface area contributed by atoms with E-state index in [-0.39, 0.29) is 28.8 Å². The highest BCUT2D eigenvalue weighted by Gasteiger charge is 2.18. The van der Waals surface area contributed by atoms with E-state index in [9.17, 15) is 23.2 Å². The van der Waals surface area contributed by atoms with E-state index >= 15 is 0 Å². The summed E-state index contributed by atoms with van der Waals surface area (Å²) in [6.07, 6.45) is 0.152. The number of hydrogen-bond acceptors (Lipinski definition) is 4. The van der Waals surface area contributed by atoms with Crippen molar-refractivity contribution < 1.29 is 27.9 Å². The Bertz CT molecular complexity index is 1210. The number of urea groups is 1. The highest BCUT2D eigenvalue weighted by molar-refractivity contribution is 6.34. The first kappa shape index (κ1) is 23.7. The summed E-state index contributed by atoms with van der Waals surface area (Å²) in [5, 5.41) is 6.74. The van der Waals surface area contributed by atoms with Crippen LogP contribution in [-0.2, 0) is 11.2 Å². The normalized spacial score (nSPS) is 10.3. The minimum Gasteiger partial charge on any atom is -0.495 e. The van der Waals surface area contributed by atoms with Gasteiger partial charge in [-0.1, -0.05) is 41.9 Å². The lowest BCUT2D eigenvalue weighted by Crippen LogP contribution is -2.34. The fourth-order valence-electron chi connectivity index (χ4n) is 2.89. The van der Waals surface area contributed by atoms with Crippen LogP contribution >= 0.6 is 11.6 Å². The first-order valence-corrected chi connectivity index (χ1v) is 9.93.